The lowest BCUT2D eigenvalue weighted by Crippen LogP contribution is -2.43. The van der Waals surface area contributed by atoms with Crippen LogP contribution in [0.15, 0.2) is 11.4 Å². The van der Waals surface area contributed by atoms with Gasteiger partial charge in [0.1, 0.15) is 0 Å². The Morgan fingerprint density at radius 2 is 2.38 bits per heavy atom. The number of hydrogen-bond donors (Lipinski definition) is 2. The first-order chi connectivity index (χ1) is 6.24. The molecule has 1 fully saturated rings. The molecule has 4 heteroatoms. The maximum absolute atomic E-state index is 9.06. The van der Waals surface area contributed by atoms with Crippen LogP contribution in [-0.2, 0) is 6.54 Å². The van der Waals surface area contributed by atoms with Gasteiger partial charge in [0.2, 0.25) is 0 Å². The average molecular weight is 218 g/mol. The van der Waals surface area contributed by atoms with Crippen LogP contribution in [0.2, 0.25) is 5.02 Å². The fourth-order valence-electron chi connectivity index (χ4n) is 1.45. The SMILES string of the molecule is OC1CC(NCc2cc(Cl)cs2)C1. The molecule has 1 aliphatic carbocycles. The van der Waals surface area contributed by atoms with E-state index in [9.17, 15) is 0 Å². The van der Waals surface area contributed by atoms with Gasteiger partial charge in [0.25, 0.3) is 0 Å². The van der Waals surface area contributed by atoms with Crippen LogP contribution in [0.5, 0.6) is 0 Å². The maximum Gasteiger partial charge on any atom is 0.0570 e. The predicted molar refractivity (Wildman–Crippen MR) is 55.2 cm³/mol. The minimum Gasteiger partial charge on any atom is -0.393 e. The summed E-state index contributed by atoms with van der Waals surface area (Å²) in [5.41, 5.74) is 0. The van der Waals surface area contributed by atoms with Crippen molar-refractivity contribution in [3.63, 3.8) is 0 Å². The molecule has 2 N–H and O–H groups in total. The number of aliphatic hydroxyl groups is 1. The molecule has 0 radical (unpaired) electrons. The Hall–Kier alpha value is -0.0900. The Morgan fingerprint density at radius 3 is 2.92 bits per heavy atom. The smallest absolute Gasteiger partial charge is 0.0570 e. The summed E-state index contributed by atoms with van der Waals surface area (Å²) in [6, 6.07) is 2.48. The number of halogens is 1. The van der Waals surface area contributed by atoms with Gasteiger partial charge in [0.05, 0.1) is 11.1 Å². The first-order valence-corrected chi connectivity index (χ1v) is 5.64. The molecule has 0 saturated heterocycles. The minimum absolute atomic E-state index is 0.0792. The zero-order chi connectivity index (χ0) is 9.26. The van der Waals surface area contributed by atoms with Crippen molar-refractivity contribution in [2.24, 2.45) is 0 Å². The van der Waals surface area contributed by atoms with Gasteiger partial charge in [-0.1, -0.05) is 11.6 Å². The van der Waals surface area contributed by atoms with Crippen molar-refractivity contribution >= 4 is 22.9 Å². The second kappa shape index (κ2) is 3.96. The maximum atomic E-state index is 9.06. The Bertz CT molecular complexity index is 283. The van der Waals surface area contributed by atoms with Crippen molar-refractivity contribution in [1.29, 1.82) is 0 Å². The molecule has 2 nitrogen and oxygen atoms in total. The summed E-state index contributed by atoms with van der Waals surface area (Å²) in [5, 5.41) is 15.2. The molecule has 0 amide bonds. The molecule has 0 spiro atoms. The van der Waals surface area contributed by atoms with E-state index in [2.05, 4.69) is 5.32 Å². The zero-order valence-corrected chi connectivity index (χ0v) is 8.74. The van der Waals surface area contributed by atoms with Crippen molar-refractivity contribution in [1.82, 2.24) is 5.32 Å². The van der Waals surface area contributed by atoms with Gasteiger partial charge in [-0.15, -0.1) is 11.3 Å². The van der Waals surface area contributed by atoms with Crippen molar-refractivity contribution in [3.05, 3.63) is 21.3 Å². The minimum atomic E-state index is -0.0792. The van der Waals surface area contributed by atoms with E-state index in [-0.39, 0.29) is 6.10 Å². The van der Waals surface area contributed by atoms with Crippen LogP contribution in [-0.4, -0.2) is 17.3 Å². The van der Waals surface area contributed by atoms with E-state index in [0.29, 0.717) is 6.04 Å². The molecule has 72 valence electrons. The van der Waals surface area contributed by atoms with E-state index in [1.807, 2.05) is 11.4 Å². The van der Waals surface area contributed by atoms with E-state index in [1.54, 1.807) is 11.3 Å². The lowest BCUT2D eigenvalue weighted by molar-refractivity contribution is 0.0620. The highest BCUT2D eigenvalue weighted by Crippen LogP contribution is 2.22. The third-order valence-corrected chi connectivity index (χ3v) is 3.58. The molecule has 1 aromatic rings. The number of rotatable bonds is 3. The van der Waals surface area contributed by atoms with Crippen molar-refractivity contribution in [2.45, 2.75) is 31.5 Å². The Labute approximate surface area is 86.5 Å². The van der Waals surface area contributed by atoms with Gasteiger partial charge in [-0.3, -0.25) is 0 Å². The molecule has 1 aromatic heterocycles. The zero-order valence-electron chi connectivity index (χ0n) is 7.16. The summed E-state index contributed by atoms with van der Waals surface area (Å²) in [7, 11) is 0. The van der Waals surface area contributed by atoms with Crippen LogP contribution < -0.4 is 5.32 Å². The summed E-state index contributed by atoms with van der Waals surface area (Å²) in [5.74, 6) is 0. The highest BCUT2D eigenvalue weighted by Gasteiger charge is 2.26. The first kappa shape index (κ1) is 9.46. The normalized spacial score (nSPS) is 27.2. The molecule has 0 unspecified atom stereocenters. The molecule has 2 rings (SSSR count). The number of hydrogen-bond acceptors (Lipinski definition) is 3. The predicted octanol–water partition coefficient (Wildman–Crippen LogP) is 2.01. The molecule has 1 saturated carbocycles. The van der Waals surface area contributed by atoms with Gasteiger partial charge in [0.15, 0.2) is 0 Å². The van der Waals surface area contributed by atoms with Crippen LogP contribution in [0.4, 0.5) is 0 Å². The van der Waals surface area contributed by atoms with Gasteiger partial charge < -0.3 is 10.4 Å². The average Bonchev–Trinajstić information content (AvgIpc) is 2.43. The molecular weight excluding hydrogens is 206 g/mol. The van der Waals surface area contributed by atoms with E-state index >= 15 is 0 Å². The molecular formula is C9H12ClNOS. The highest BCUT2D eigenvalue weighted by atomic mass is 35.5. The van der Waals surface area contributed by atoms with Crippen LogP contribution in [0.3, 0.4) is 0 Å². The molecule has 0 atom stereocenters. The van der Waals surface area contributed by atoms with E-state index < -0.39 is 0 Å². The van der Waals surface area contributed by atoms with Gasteiger partial charge in [0, 0.05) is 22.8 Å². The summed E-state index contributed by atoms with van der Waals surface area (Å²) >= 11 is 7.46. The third kappa shape index (κ3) is 2.44. The number of nitrogens with one attached hydrogen (secondary N) is 1. The van der Waals surface area contributed by atoms with Gasteiger partial charge in [-0.2, -0.15) is 0 Å². The summed E-state index contributed by atoms with van der Waals surface area (Å²) in [4.78, 5) is 1.26. The van der Waals surface area contributed by atoms with Gasteiger partial charge in [-0.25, -0.2) is 0 Å². The van der Waals surface area contributed by atoms with Crippen molar-refractivity contribution < 1.29 is 5.11 Å². The molecule has 0 aliphatic heterocycles. The summed E-state index contributed by atoms with van der Waals surface area (Å²) < 4.78 is 0. The van der Waals surface area contributed by atoms with E-state index in [4.69, 9.17) is 16.7 Å². The largest absolute Gasteiger partial charge is 0.393 e. The molecule has 1 heterocycles. The van der Waals surface area contributed by atoms with Crippen LogP contribution in [0, 0.1) is 0 Å². The molecule has 0 aromatic carbocycles. The van der Waals surface area contributed by atoms with E-state index in [1.165, 1.54) is 4.88 Å². The summed E-state index contributed by atoms with van der Waals surface area (Å²) in [6.45, 7) is 0.870. The monoisotopic (exact) mass is 217 g/mol. The second-order valence-electron chi connectivity index (χ2n) is 3.43. The molecule has 1 aliphatic rings. The summed E-state index contributed by atoms with van der Waals surface area (Å²) in [6.07, 6.45) is 1.70. The topological polar surface area (TPSA) is 32.3 Å². The Morgan fingerprint density at radius 1 is 1.62 bits per heavy atom. The number of aliphatic hydroxyl groups excluding tert-OH is 1. The molecule has 13 heavy (non-hydrogen) atoms. The number of thiophene rings is 1. The van der Waals surface area contributed by atoms with E-state index in [0.717, 1.165) is 24.4 Å². The molecule has 0 bridgehead atoms. The van der Waals surface area contributed by atoms with Crippen molar-refractivity contribution in [3.8, 4) is 0 Å². The van der Waals surface area contributed by atoms with Gasteiger partial charge >= 0.3 is 0 Å². The lowest BCUT2D eigenvalue weighted by atomic mass is 9.89. The fraction of sp³-hybridized carbons (Fsp3) is 0.556. The first-order valence-electron chi connectivity index (χ1n) is 4.38. The standard InChI is InChI=1S/C9H12ClNOS/c10-6-1-9(13-5-6)4-11-7-2-8(12)3-7/h1,5,7-8,11-12H,2-4H2. The fourth-order valence-corrected chi connectivity index (χ4v) is 2.47. The third-order valence-electron chi connectivity index (χ3n) is 2.30. The Balaban J connectivity index is 1.74. The van der Waals surface area contributed by atoms with Crippen LogP contribution in [0.25, 0.3) is 0 Å². The van der Waals surface area contributed by atoms with Crippen LogP contribution >= 0.6 is 22.9 Å². The van der Waals surface area contributed by atoms with Crippen LogP contribution in [0.1, 0.15) is 17.7 Å². The van der Waals surface area contributed by atoms with Gasteiger partial charge in [-0.05, 0) is 18.9 Å². The second-order valence-corrected chi connectivity index (χ2v) is 4.87. The highest BCUT2D eigenvalue weighted by molar-refractivity contribution is 7.10. The quantitative estimate of drug-likeness (QED) is 0.812. The Kier molecular flexibility index (Phi) is 2.89. The van der Waals surface area contributed by atoms with Crippen molar-refractivity contribution in [2.75, 3.05) is 0 Å². The lowest BCUT2D eigenvalue weighted by Gasteiger charge is -2.31.